The van der Waals surface area contributed by atoms with E-state index < -0.39 is 0 Å². The Balaban J connectivity index is 1.87. The first kappa shape index (κ1) is 15.3. The van der Waals surface area contributed by atoms with Gasteiger partial charge in [0.2, 0.25) is 5.13 Å². The van der Waals surface area contributed by atoms with Gasteiger partial charge in [-0.05, 0) is 17.7 Å². The Morgan fingerprint density at radius 3 is 2.75 bits per heavy atom. The molecular weight excluding hydrogens is 343 g/mol. The highest BCUT2D eigenvalue weighted by Crippen LogP contribution is 2.22. The third-order valence-electron chi connectivity index (χ3n) is 2.25. The molecule has 0 aliphatic carbocycles. The van der Waals surface area contributed by atoms with Gasteiger partial charge in [-0.2, -0.15) is 4.37 Å². The Morgan fingerprint density at radius 1 is 1.30 bits per heavy atom. The van der Waals surface area contributed by atoms with E-state index >= 15 is 0 Å². The number of nitrogens with one attached hydrogen (secondary N) is 2. The van der Waals surface area contributed by atoms with Gasteiger partial charge in [-0.15, -0.1) is 11.6 Å². The fourth-order valence-corrected chi connectivity index (χ4v) is 2.43. The zero-order chi connectivity index (χ0) is 14.5. The molecule has 0 aliphatic rings. The highest BCUT2D eigenvalue weighted by molar-refractivity contribution is 7.09. The third-order valence-corrected chi connectivity index (χ3v) is 3.89. The zero-order valence-electron chi connectivity index (χ0n) is 9.99. The summed E-state index contributed by atoms with van der Waals surface area (Å²) < 4.78 is 3.95. The Hall–Kier alpha value is -1.08. The molecule has 1 heterocycles. The molecule has 0 spiro atoms. The minimum atomic E-state index is -0.381. The monoisotopic (exact) mass is 350 g/mol. The Labute approximate surface area is 134 Å². The van der Waals surface area contributed by atoms with E-state index in [0.29, 0.717) is 27.5 Å². The van der Waals surface area contributed by atoms with Crippen molar-refractivity contribution < 1.29 is 4.79 Å². The molecule has 0 saturated heterocycles. The van der Waals surface area contributed by atoms with E-state index in [0.717, 1.165) is 17.1 Å². The molecule has 0 fully saturated rings. The number of rotatable bonds is 4. The van der Waals surface area contributed by atoms with Crippen LogP contribution in [0, 0.1) is 0 Å². The van der Waals surface area contributed by atoms with Crippen molar-refractivity contribution in [3.05, 3.63) is 39.6 Å². The van der Waals surface area contributed by atoms with Gasteiger partial charge in [-0.3, -0.25) is 5.32 Å². The second-order valence-electron chi connectivity index (χ2n) is 3.71. The number of alkyl halides is 1. The highest BCUT2D eigenvalue weighted by Gasteiger charge is 2.07. The van der Waals surface area contributed by atoms with Crippen molar-refractivity contribution in [2.24, 2.45) is 0 Å². The van der Waals surface area contributed by atoms with E-state index in [2.05, 4.69) is 20.0 Å². The van der Waals surface area contributed by atoms with Gasteiger partial charge in [0.15, 0.2) is 5.82 Å². The van der Waals surface area contributed by atoms with Crippen molar-refractivity contribution in [3.63, 3.8) is 0 Å². The van der Waals surface area contributed by atoms with Crippen molar-refractivity contribution in [1.29, 1.82) is 0 Å². The van der Waals surface area contributed by atoms with Crippen LogP contribution in [0.15, 0.2) is 18.2 Å². The number of benzene rings is 1. The largest absolute Gasteiger partial charge is 0.334 e. The molecule has 0 aliphatic heterocycles. The Bertz CT molecular complexity index is 619. The lowest BCUT2D eigenvalue weighted by Crippen LogP contribution is -2.28. The number of carbonyl (C=O) groups is 1. The molecule has 0 saturated carbocycles. The van der Waals surface area contributed by atoms with Crippen LogP contribution in [-0.4, -0.2) is 15.4 Å². The fraction of sp³-hybridized carbons (Fsp3) is 0.182. The maximum atomic E-state index is 11.7. The molecule has 2 amide bonds. The van der Waals surface area contributed by atoms with Gasteiger partial charge in [-0.25, -0.2) is 9.78 Å². The first-order valence-electron chi connectivity index (χ1n) is 5.46. The maximum absolute atomic E-state index is 11.7. The molecule has 0 unspecified atom stereocenters. The van der Waals surface area contributed by atoms with Crippen molar-refractivity contribution in [2.45, 2.75) is 12.4 Å². The summed E-state index contributed by atoms with van der Waals surface area (Å²) in [7, 11) is 0. The summed E-state index contributed by atoms with van der Waals surface area (Å²) in [5.74, 6) is 0.694. The minimum Gasteiger partial charge on any atom is -0.334 e. The third kappa shape index (κ3) is 4.21. The summed E-state index contributed by atoms with van der Waals surface area (Å²) >= 11 is 18.3. The zero-order valence-corrected chi connectivity index (χ0v) is 13.1. The summed E-state index contributed by atoms with van der Waals surface area (Å²) in [6.07, 6.45) is 0. The molecule has 106 valence electrons. The molecule has 2 rings (SSSR count). The summed E-state index contributed by atoms with van der Waals surface area (Å²) in [6.45, 7) is 0.323. The second kappa shape index (κ2) is 7.08. The van der Waals surface area contributed by atoms with Crippen molar-refractivity contribution in [2.75, 3.05) is 5.32 Å². The first-order valence-corrected chi connectivity index (χ1v) is 7.52. The normalized spacial score (nSPS) is 10.3. The predicted octanol–water partition coefficient (Wildman–Crippen LogP) is 3.91. The molecule has 2 N–H and O–H groups in total. The van der Waals surface area contributed by atoms with Gasteiger partial charge in [-0.1, -0.05) is 29.3 Å². The summed E-state index contributed by atoms with van der Waals surface area (Å²) in [5, 5.41) is 6.56. The Morgan fingerprint density at radius 2 is 2.10 bits per heavy atom. The number of hydrogen-bond donors (Lipinski definition) is 2. The average Bonchev–Trinajstić information content (AvgIpc) is 2.88. The standard InChI is InChI=1S/C11H9Cl3N4OS/c12-4-9-16-11(20-18-9)17-10(19)15-5-6-1-2-7(13)8(14)3-6/h1-3H,4-5H2,(H2,15,16,17,18,19). The smallest absolute Gasteiger partial charge is 0.321 e. The van der Waals surface area contributed by atoms with Crippen LogP contribution >= 0.6 is 46.3 Å². The van der Waals surface area contributed by atoms with Gasteiger partial charge in [0.25, 0.3) is 0 Å². The Kier molecular flexibility index (Phi) is 5.42. The number of amides is 2. The highest BCUT2D eigenvalue weighted by atomic mass is 35.5. The van der Waals surface area contributed by atoms with Crippen LogP contribution in [0.3, 0.4) is 0 Å². The SMILES string of the molecule is O=C(NCc1ccc(Cl)c(Cl)c1)Nc1nc(CCl)ns1. The quantitative estimate of drug-likeness (QED) is 0.821. The maximum Gasteiger partial charge on any atom is 0.321 e. The number of halogens is 3. The number of urea groups is 1. The van der Waals surface area contributed by atoms with Gasteiger partial charge in [0.05, 0.1) is 15.9 Å². The molecule has 0 bridgehead atoms. The molecule has 0 radical (unpaired) electrons. The molecule has 1 aromatic carbocycles. The van der Waals surface area contributed by atoms with Gasteiger partial charge >= 0.3 is 6.03 Å². The van der Waals surface area contributed by atoms with Gasteiger partial charge < -0.3 is 5.32 Å². The number of hydrogen-bond acceptors (Lipinski definition) is 4. The predicted molar refractivity (Wildman–Crippen MR) is 81.8 cm³/mol. The van der Waals surface area contributed by atoms with Crippen molar-refractivity contribution >= 4 is 57.5 Å². The van der Waals surface area contributed by atoms with Crippen LogP contribution in [0.1, 0.15) is 11.4 Å². The average molecular weight is 352 g/mol. The number of carbonyl (C=O) groups excluding carboxylic acids is 1. The van der Waals surface area contributed by atoms with Crippen LogP contribution in [0.4, 0.5) is 9.93 Å². The van der Waals surface area contributed by atoms with E-state index in [4.69, 9.17) is 34.8 Å². The topological polar surface area (TPSA) is 66.9 Å². The van der Waals surface area contributed by atoms with Gasteiger partial charge in [0, 0.05) is 18.1 Å². The fourth-order valence-electron chi connectivity index (χ4n) is 1.33. The van der Waals surface area contributed by atoms with Crippen LogP contribution in [0.2, 0.25) is 10.0 Å². The molecule has 20 heavy (non-hydrogen) atoms. The van der Waals surface area contributed by atoms with E-state index in [-0.39, 0.29) is 11.9 Å². The summed E-state index contributed by atoms with van der Waals surface area (Å²) in [5.41, 5.74) is 0.841. The number of nitrogens with zero attached hydrogens (tertiary/aromatic N) is 2. The number of aromatic nitrogens is 2. The number of anilines is 1. The van der Waals surface area contributed by atoms with E-state index in [1.807, 2.05) is 0 Å². The molecular formula is C11H9Cl3N4OS. The van der Waals surface area contributed by atoms with Crippen LogP contribution in [0.5, 0.6) is 0 Å². The first-order chi connectivity index (χ1) is 9.58. The lowest BCUT2D eigenvalue weighted by molar-refractivity contribution is 0.251. The lowest BCUT2D eigenvalue weighted by atomic mass is 10.2. The van der Waals surface area contributed by atoms with Crippen LogP contribution < -0.4 is 10.6 Å². The second-order valence-corrected chi connectivity index (χ2v) is 5.54. The van der Waals surface area contributed by atoms with Crippen molar-refractivity contribution in [1.82, 2.24) is 14.7 Å². The van der Waals surface area contributed by atoms with E-state index in [1.54, 1.807) is 18.2 Å². The van der Waals surface area contributed by atoms with E-state index in [9.17, 15) is 4.79 Å². The summed E-state index contributed by atoms with van der Waals surface area (Å²) in [4.78, 5) is 15.7. The lowest BCUT2D eigenvalue weighted by Gasteiger charge is -2.06. The van der Waals surface area contributed by atoms with Crippen LogP contribution in [0.25, 0.3) is 0 Å². The minimum absolute atomic E-state index is 0.211. The van der Waals surface area contributed by atoms with E-state index in [1.165, 1.54) is 0 Å². The molecule has 1 aromatic heterocycles. The molecule has 5 nitrogen and oxygen atoms in total. The molecule has 9 heteroatoms. The summed E-state index contributed by atoms with van der Waals surface area (Å²) in [6, 6.07) is 4.77. The van der Waals surface area contributed by atoms with Crippen LogP contribution in [-0.2, 0) is 12.4 Å². The van der Waals surface area contributed by atoms with Crippen molar-refractivity contribution in [3.8, 4) is 0 Å². The van der Waals surface area contributed by atoms with Gasteiger partial charge in [0.1, 0.15) is 0 Å². The molecule has 0 atom stereocenters. The molecule has 2 aromatic rings.